The molecule has 136 valence electrons. The Morgan fingerprint density at radius 2 is 1.52 bits per heavy atom. The van der Waals surface area contributed by atoms with Crippen LogP contribution in [0, 0.1) is 0 Å². The molecule has 1 heterocycles. The van der Waals surface area contributed by atoms with E-state index in [1.165, 1.54) is 11.3 Å². The van der Waals surface area contributed by atoms with Crippen molar-refractivity contribution >= 4 is 17.3 Å². The zero-order chi connectivity index (χ0) is 18.5. The Balaban J connectivity index is 1.58. The number of anilines is 2. The number of fused-ring (bicyclic) bond motifs is 1. The number of para-hydroxylation sites is 2. The van der Waals surface area contributed by atoms with Crippen LogP contribution in [0.4, 0.5) is 11.4 Å². The van der Waals surface area contributed by atoms with Crippen LogP contribution in [0.3, 0.4) is 0 Å². The van der Waals surface area contributed by atoms with Crippen LogP contribution in [0.1, 0.15) is 17.5 Å². The van der Waals surface area contributed by atoms with Crippen molar-refractivity contribution in [1.29, 1.82) is 0 Å². The summed E-state index contributed by atoms with van der Waals surface area (Å²) in [5.41, 5.74) is 4.61. The van der Waals surface area contributed by atoms with Crippen molar-refractivity contribution in [3.63, 3.8) is 0 Å². The smallest absolute Gasteiger partial charge is 0.246 e. The molecule has 3 heteroatoms. The van der Waals surface area contributed by atoms with Crippen LogP contribution in [0.25, 0.3) is 0 Å². The third kappa shape index (κ3) is 4.03. The minimum Gasteiger partial charge on any atom is -0.362 e. The molecule has 3 nitrogen and oxygen atoms in total. The predicted octanol–water partition coefficient (Wildman–Crippen LogP) is 4.67. The fourth-order valence-electron chi connectivity index (χ4n) is 3.72. The molecule has 0 saturated carbocycles. The van der Waals surface area contributed by atoms with E-state index in [0.717, 1.165) is 30.6 Å². The van der Waals surface area contributed by atoms with E-state index in [4.69, 9.17) is 0 Å². The number of hydrogen-bond donors (Lipinski definition) is 0. The maximum atomic E-state index is 13.3. The molecule has 1 aliphatic rings. The summed E-state index contributed by atoms with van der Waals surface area (Å²) in [5, 5.41) is 0. The van der Waals surface area contributed by atoms with E-state index in [1.54, 1.807) is 0 Å². The molecular weight excluding hydrogens is 332 g/mol. The van der Waals surface area contributed by atoms with Crippen LogP contribution in [-0.4, -0.2) is 19.0 Å². The number of hydrogen-bond acceptors (Lipinski definition) is 2. The summed E-state index contributed by atoms with van der Waals surface area (Å²) >= 11 is 0. The highest BCUT2D eigenvalue weighted by Gasteiger charge is 2.23. The Bertz CT molecular complexity index is 893. The van der Waals surface area contributed by atoms with Crippen molar-refractivity contribution in [1.82, 2.24) is 0 Å². The average molecular weight is 356 g/mol. The van der Waals surface area contributed by atoms with Crippen molar-refractivity contribution in [2.45, 2.75) is 19.4 Å². The van der Waals surface area contributed by atoms with Crippen molar-refractivity contribution in [3.8, 4) is 0 Å². The molecule has 0 fully saturated rings. The van der Waals surface area contributed by atoms with E-state index in [9.17, 15) is 4.79 Å². The zero-order valence-electron chi connectivity index (χ0n) is 15.4. The highest BCUT2D eigenvalue weighted by molar-refractivity contribution is 5.96. The minimum absolute atomic E-state index is 0.127. The topological polar surface area (TPSA) is 23.6 Å². The van der Waals surface area contributed by atoms with Gasteiger partial charge in [-0.1, -0.05) is 66.7 Å². The lowest BCUT2D eigenvalue weighted by molar-refractivity contribution is -0.117. The van der Waals surface area contributed by atoms with E-state index < -0.39 is 0 Å². The molecule has 3 aromatic rings. The largest absolute Gasteiger partial charge is 0.362 e. The van der Waals surface area contributed by atoms with Gasteiger partial charge in [-0.25, -0.2) is 0 Å². The number of rotatable bonds is 5. The molecule has 4 rings (SSSR count). The van der Waals surface area contributed by atoms with E-state index in [-0.39, 0.29) is 5.91 Å². The number of carbonyl (C=O) groups excluding carboxylic acids is 1. The van der Waals surface area contributed by atoms with Gasteiger partial charge < -0.3 is 9.80 Å². The maximum absolute atomic E-state index is 13.3. The molecule has 1 amide bonds. The first-order valence-electron chi connectivity index (χ1n) is 9.53. The Morgan fingerprint density at radius 1 is 0.852 bits per heavy atom. The van der Waals surface area contributed by atoms with E-state index in [1.807, 2.05) is 53.4 Å². The maximum Gasteiger partial charge on any atom is 0.246 e. The molecule has 27 heavy (non-hydrogen) atoms. The third-order valence-corrected chi connectivity index (χ3v) is 5.09. The van der Waals surface area contributed by atoms with Gasteiger partial charge in [0.1, 0.15) is 0 Å². The number of amides is 1. The quantitative estimate of drug-likeness (QED) is 0.663. The molecule has 1 aliphatic heterocycles. The number of benzene rings is 3. The van der Waals surface area contributed by atoms with Crippen molar-refractivity contribution in [3.05, 3.63) is 96.1 Å². The number of aryl methyl sites for hydroxylation is 1. The van der Waals surface area contributed by atoms with Crippen LogP contribution in [0.5, 0.6) is 0 Å². The lowest BCUT2D eigenvalue weighted by Gasteiger charge is -2.33. The summed E-state index contributed by atoms with van der Waals surface area (Å²) in [6, 6.07) is 28.6. The van der Waals surface area contributed by atoms with E-state index in [0.29, 0.717) is 13.1 Å². The first-order chi connectivity index (χ1) is 13.3. The van der Waals surface area contributed by atoms with Gasteiger partial charge in [0, 0.05) is 17.9 Å². The Labute approximate surface area is 160 Å². The highest BCUT2D eigenvalue weighted by Crippen LogP contribution is 2.27. The standard InChI is InChI=1S/C24H24N2O/c27-24(19-25-17-9-13-21-12-7-8-16-23(21)25)26(22-14-5-2-6-15-22)18-20-10-3-1-4-11-20/h1-8,10-12,14-16H,9,13,17-19H2. The molecular formula is C24H24N2O. The molecule has 0 atom stereocenters. The Morgan fingerprint density at radius 3 is 2.30 bits per heavy atom. The molecule has 3 aromatic carbocycles. The lowest BCUT2D eigenvalue weighted by Crippen LogP contribution is -2.42. The second-order valence-corrected chi connectivity index (χ2v) is 6.95. The van der Waals surface area contributed by atoms with Crippen LogP contribution < -0.4 is 9.80 Å². The van der Waals surface area contributed by atoms with Gasteiger partial charge in [-0.15, -0.1) is 0 Å². The minimum atomic E-state index is 0.127. The summed E-state index contributed by atoms with van der Waals surface area (Å²) in [6.45, 7) is 1.91. The first-order valence-corrected chi connectivity index (χ1v) is 9.53. The van der Waals surface area contributed by atoms with Gasteiger partial charge in [0.2, 0.25) is 5.91 Å². The van der Waals surface area contributed by atoms with Crippen LogP contribution in [-0.2, 0) is 17.8 Å². The molecule has 0 N–H and O–H groups in total. The summed E-state index contributed by atoms with van der Waals surface area (Å²) in [5.74, 6) is 0.127. The average Bonchev–Trinajstić information content (AvgIpc) is 2.73. The van der Waals surface area contributed by atoms with Gasteiger partial charge in [0.15, 0.2) is 0 Å². The molecule has 0 spiro atoms. The molecule has 0 saturated heterocycles. The Kier molecular flexibility index (Phi) is 5.20. The van der Waals surface area contributed by atoms with Gasteiger partial charge in [0.05, 0.1) is 13.1 Å². The molecule has 0 aliphatic carbocycles. The fraction of sp³-hybridized carbons (Fsp3) is 0.208. The van der Waals surface area contributed by atoms with Crippen molar-refractivity contribution < 1.29 is 4.79 Å². The molecule has 0 bridgehead atoms. The number of nitrogens with zero attached hydrogens (tertiary/aromatic N) is 2. The highest BCUT2D eigenvalue weighted by atomic mass is 16.2. The van der Waals surface area contributed by atoms with Crippen LogP contribution in [0.15, 0.2) is 84.9 Å². The van der Waals surface area contributed by atoms with Crippen molar-refractivity contribution in [2.24, 2.45) is 0 Å². The zero-order valence-corrected chi connectivity index (χ0v) is 15.4. The molecule has 0 unspecified atom stereocenters. The summed E-state index contributed by atoms with van der Waals surface area (Å²) < 4.78 is 0. The van der Waals surface area contributed by atoms with Gasteiger partial charge in [0.25, 0.3) is 0 Å². The van der Waals surface area contributed by atoms with Crippen LogP contribution in [0.2, 0.25) is 0 Å². The molecule has 0 aromatic heterocycles. The summed E-state index contributed by atoms with van der Waals surface area (Å²) in [7, 11) is 0. The van der Waals surface area contributed by atoms with E-state index >= 15 is 0 Å². The summed E-state index contributed by atoms with van der Waals surface area (Å²) in [4.78, 5) is 17.4. The van der Waals surface area contributed by atoms with Crippen molar-refractivity contribution in [2.75, 3.05) is 22.9 Å². The second kappa shape index (κ2) is 8.09. The normalized spacial score (nSPS) is 13.1. The summed E-state index contributed by atoms with van der Waals surface area (Å²) in [6.07, 6.45) is 2.18. The second-order valence-electron chi connectivity index (χ2n) is 6.95. The van der Waals surface area contributed by atoms with Gasteiger partial charge in [-0.05, 0) is 42.2 Å². The molecule has 0 radical (unpaired) electrons. The van der Waals surface area contributed by atoms with Crippen LogP contribution >= 0.6 is 0 Å². The first kappa shape index (κ1) is 17.3. The Hall–Kier alpha value is -3.07. The SMILES string of the molecule is O=C(CN1CCCc2ccccc21)N(Cc1ccccc1)c1ccccc1. The predicted molar refractivity (Wildman–Crippen MR) is 111 cm³/mol. The van der Waals surface area contributed by atoms with Gasteiger partial charge >= 0.3 is 0 Å². The van der Waals surface area contributed by atoms with Gasteiger partial charge in [-0.3, -0.25) is 4.79 Å². The van der Waals surface area contributed by atoms with Gasteiger partial charge in [-0.2, -0.15) is 0 Å². The lowest BCUT2D eigenvalue weighted by atomic mass is 10.0. The third-order valence-electron chi connectivity index (χ3n) is 5.09. The van der Waals surface area contributed by atoms with E-state index in [2.05, 4.69) is 41.3 Å². The monoisotopic (exact) mass is 356 g/mol. The number of carbonyl (C=O) groups is 1. The fourth-order valence-corrected chi connectivity index (χ4v) is 3.72.